The van der Waals surface area contributed by atoms with Crippen LogP contribution in [0.4, 0.5) is 5.69 Å². The lowest BCUT2D eigenvalue weighted by molar-refractivity contribution is -0.119. The standard InChI is InChI=1S/C16H13BrClNO5S/c1-25(22,23)12-5-6-14(18)13(8-12)16(21)24-9-15(20)19-11-4-2-3-10(17)7-11/h2-8H,9H2,1H3,(H,19,20). The molecule has 0 atom stereocenters. The monoisotopic (exact) mass is 445 g/mol. The molecule has 0 aliphatic carbocycles. The van der Waals surface area contributed by atoms with Crippen LogP contribution in [-0.2, 0) is 19.4 Å². The fraction of sp³-hybridized carbons (Fsp3) is 0.125. The predicted octanol–water partition coefficient (Wildman–Crippen LogP) is 3.30. The van der Waals surface area contributed by atoms with Gasteiger partial charge in [0.25, 0.3) is 5.91 Å². The molecule has 0 aliphatic rings. The minimum atomic E-state index is -3.50. The zero-order valence-corrected chi connectivity index (χ0v) is 16.1. The van der Waals surface area contributed by atoms with E-state index in [4.69, 9.17) is 16.3 Å². The van der Waals surface area contributed by atoms with Crippen molar-refractivity contribution in [1.29, 1.82) is 0 Å². The third-order valence-electron chi connectivity index (χ3n) is 3.03. The molecule has 0 aromatic heterocycles. The molecule has 1 amide bonds. The average Bonchev–Trinajstić information content (AvgIpc) is 2.52. The number of carbonyl (C=O) groups is 2. The highest BCUT2D eigenvalue weighted by Gasteiger charge is 2.17. The number of amides is 1. The maximum atomic E-state index is 12.1. The SMILES string of the molecule is CS(=O)(=O)c1ccc(Cl)c(C(=O)OCC(=O)Nc2cccc(Br)c2)c1. The smallest absolute Gasteiger partial charge is 0.340 e. The molecule has 2 aromatic carbocycles. The molecule has 0 bridgehead atoms. The van der Waals surface area contributed by atoms with Crippen molar-refractivity contribution in [2.45, 2.75) is 4.90 Å². The van der Waals surface area contributed by atoms with Gasteiger partial charge in [0.2, 0.25) is 0 Å². The lowest BCUT2D eigenvalue weighted by atomic mass is 10.2. The number of carbonyl (C=O) groups excluding carboxylic acids is 2. The van der Waals surface area contributed by atoms with Gasteiger partial charge < -0.3 is 10.1 Å². The van der Waals surface area contributed by atoms with Crippen LogP contribution in [0.1, 0.15) is 10.4 Å². The van der Waals surface area contributed by atoms with E-state index in [1.54, 1.807) is 24.3 Å². The zero-order valence-electron chi connectivity index (χ0n) is 13.0. The Morgan fingerprint density at radius 2 is 1.92 bits per heavy atom. The van der Waals surface area contributed by atoms with Gasteiger partial charge >= 0.3 is 5.97 Å². The van der Waals surface area contributed by atoms with Crippen molar-refractivity contribution in [2.75, 3.05) is 18.2 Å². The first kappa shape index (κ1) is 19.4. The van der Waals surface area contributed by atoms with Crippen LogP contribution in [0.15, 0.2) is 51.8 Å². The van der Waals surface area contributed by atoms with Crippen LogP contribution in [0.3, 0.4) is 0 Å². The Morgan fingerprint density at radius 1 is 1.20 bits per heavy atom. The molecular weight excluding hydrogens is 434 g/mol. The molecule has 0 radical (unpaired) electrons. The van der Waals surface area contributed by atoms with Crippen molar-refractivity contribution in [1.82, 2.24) is 0 Å². The Kier molecular flexibility index (Phi) is 6.21. The summed E-state index contributed by atoms with van der Waals surface area (Å²) in [6.07, 6.45) is 1.01. The summed E-state index contributed by atoms with van der Waals surface area (Å²) in [5.41, 5.74) is 0.410. The van der Waals surface area contributed by atoms with Crippen LogP contribution in [0.5, 0.6) is 0 Å². The van der Waals surface area contributed by atoms with Gasteiger partial charge in [-0.1, -0.05) is 33.6 Å². The number of esters is 1. The van der Waals surface area contributed by atoms with E-state index >= 15 is 0 Å². The number of sulfone groups is 1. The number of nitrogens with one attached hydrogen (secondary N) is 1. The van der Waals surface area contributed by atoms with Crippen molar-refractivity contribution in [3.63, 3.8) is 0 Å². The normalized spacial score (nSPS) is 11.0. The second-order valence-electron chi connectivity index (χ2n) is 5.05. The van der Waals surface area contributed by atoms with Crippen LogP contribution in [0.2, 0.25) is 5.02 Å². The fourth-order valence-corrected chi connectivity index (χ4v) is 3.10. The predicted molar refractivity (Wildman–Crippen MR) is 97.6 cm³/mol. The van der Waals surface area contributed by atoms with Gasteiger partial charge in [-0.3, -0.25) is 4.79 Å². The molecule has 25 heavy (non-hydrogen) atoms. The first-order valence-corrected chi connectivity index (χ1v) is 9.95. The van der Waals surface area contributed by atoms with Crippen LogP contribution in [-0.4, -0.2) is 33.2 Å². The number of rotatable bonds is 5. The van der Waals surface area contributed by atoms with E-state index in [9.17, 15) is 18.0 Å². The van der Waals surface area contributed by atoms with Crippen molar-refractivity contribution >= 4 is 54.9 Å². The number of hydrogen-bond acceptors (Lipinski definition) is 5. The number of hydrogen-bond donors (Lipinski definition) is 1. The molecule has 9 heteroatoms. The van der Waals surface area contributed by atoms with Gasteiger partial charge in [0.05, 0.1) is 15.5 Å². The minimum Gasteiger partial charge on any atom is -0.452 e. The highest BCUT2D eigenvalue weighted by molar-refractivity contribution is 9.10. The summed E-state index contributed by atoms with van der Waals surface area (Å²) < 4.78 is 28.8. The minimum absolute atomic E-state index is 0.0322. The third-order valence-corrected chi connectivity index (χ3v) is 4.96. The lowest BCUT2D eigenvalue weighted by Gasteiger charge is -2.09. The Hall–Kier alpha value is -1.90. The molecule has 2 aromatic rings. The van der Waals surface area contributed by atoms with Crippen LogP contribution in [0, 0.1) is 0 Å². The quantitative estimate of drug-likeness (QED) is 0.712. The second kappa shape index (κ2) is 7.99. The van der Waals surface area contributed by atoms with Crippen molar-refractivity contribution in [3.05, 3.63) is 57.5 Å². The Balaban J connectivity index is 2.04. The number of halogens is 2. The summed E-state index contributed by atoms with van der Waals surface area (Å²) in [4.78, 5) is 23.8. The first-order valence-electron chi connectivity index (χ1n) is 6.89. The molecule has 0 saturated carbocycles. The fourth-order valence-electron chi connectivity index (χ4n) is 1.86. The third kappa shape index (κ3) is 5.55. The topological polar surface area (TPSA) is 89.5 Å². The van der Waals surface area contributed by atoms with E-state index in [1.165, 1.54) is 12.1 Å². The molecule has 6 nitrogen and oxygen atoms in total. The van der Waals surface area contributed by atoms with E-state index in [0.29, 0.717) is 5.69 Å². The van der Waals surface area contributed by atoms with E-state index < -0.39 is 28.3 Å². The van der Waals surface area contributed by atoms with E-state index in [2.05, 4.69) is 21.2 Å². The van der Waals surface area contributed by atoms with Crippen molar-refractivity contribution < 1.29 is 22.7 Å². The maximum Gasteiger partial charge on any atom is 0.340 e. The molecular formula is C16H13BrClNO5S. The first-order chi connectivity index (χ1) is 11.7. The lowest BCUT2D eigenvalue weighted by Crippen LogP contribution is -2.21. The maximum absolute atomic E-state index is 12.1. The molecule has 0 heterocycles. The summed E-state index contributed by atoms with van der Waals surface area (Å²) in [6.45, 7) is -0.537. The highest BCUT2D eigenvalue weighted by Crippen LogP contribution is 2.21. The van der Waals surface area contributed by atoms with E-state index in [0.717, 1.165) is 16.8 Å². The summed E-state index contributed by atoms with van der Waals surface area (Å²) in [6, 6.07) is 10.6. The van der Waals surface area contributed by atoms with Crippen molar-refractivity contribution in [3.8, 4) is 0 Å². The summed E-state index contributed by atoms with van der Waals surface area (Å²) in [7, 11) is -3.50. The van der Waals surface area contributed by atoms with E-state index in [-0.39, 0.29) is 15.5 Å². The van der Waals surface area contributed by atoms with Crippen molar-refractivity contribution in [2.24, 2.45) is 0 Å². The molecule has 132 valence electrons. The van der Waals surface area contributed by atoms with Gasteiger partial charge in [-0.05, 0) is 36.4 Å². The molecule has 0 spiro atoms. The van der Waals surface area contributed by atoms with Crippen LogP contribution >= 0.6 is 27.5 Å². The second-order valence-corrected chi connectivity index (χ2v) is 8.39. The molecule has 0 saturated heterocycles. The molecule has 1 N–H and O–H groups in total. The molecule has 0 unspecified atom stereocenters. The largest absolute Gasteiger partial charge is 0.452 e. The number of anilines is 1. The van der Waals surface area contributed by atoms with Gasteiger partial charge in [0.1, 0.15) is 0 Å². The summed E-state index contributed by atoms with van der Waals surface area (Å²) >= 11 is 9.18. The van der Waals surface area contributed by atoms with E-state index in [1.807, 2.05) is 0 Å². The zero-order chi connectivity index (χ0) is 18.6. The van der Waals surface area contributed by atoms with Gasteiger partial charge in [-0.15, -0.1) is 0 Å². The Labute approximate surface area is 158 Å². The molecule has 2 rings (SSSR count). The average molecular weight is 447 g/mol. The van der Waals surface area contributed by atoms with Gasteiger partial charge in [0, 0.05) is 16.4 Å². The van der Waals surface area contributed by atoms with Gasteiger partial charge in [-0.25, -0.2) is 13.2 Å². The van der Waals surface area contributed by atoms with Crippen LogP contribution in [0.25, 0.3) is 0 Å². The van der Waals surface area contributed by atoms with Gasteiger partial charge in [-0.2, -0.15) is 0 Å². The highest BCUT2D eigenvalue weighted by atomic mass is 79.9. The Morgan fingerprint density at radius 3 is 2.56 bits per heavy atom. The van der Waals surface area contributed by atoms with Gasteiger partial charge in [0.15, 0.2) is 16.4 Å². The summed E-state index contributed by atoms with van der Waals surface area (Å²) in [5.74, 6) is -1.43. The Bertz CT molecular complexity index is 930. The molecule has 0 fully saturated rings. The number of ether oxygens (including phenoxy) is 1. The van der Waals surface area contributed by atoms with Crippen LogP contribution < -0.4 is 5.32 Å². The molecule has 0 aliphatic heterocycles. The number of benzene rings is 2. The summed E-state index contributed by atoms with van der Waals surface area (Å²) in [5, 5.41) is 2.60.